The lowest BCUT2D eigenvalue weighted by Crippen LogP contribution is -2.57. The van der Waals surface area contributed by atoms with Gasteiger partial charge in [0.2, 0.25) is 11.8 Å². The smallest absolute Gasteiger partial charge is 0.328 e. The molecule has 39 heavy (non-hydrogen) atoms. The van der Waals surface area contributed by atoms with E-state index in [2.05, 4.69) is 11.9 Å². The first-order valence-corrected chi connectivity index (χ1v) is 13.0. The molecule has 0 unspecified atom stereocenters. The number of thiocarbonyl (C=S) groups is 1. The number of nitrogens with zero attached hydrogens (tertiary/aromatic N) is 3. The van der Waals surface area contributed by atoms with E-state index in [0.717, 1.165) is 16.6 Å². The Morgan fingerprint density at radius 1 is 1.18 bits per heavy atom. The zero-order chi connectivity index (χ0) is 28.3. The number of carbonyl (C=O) groups is 2. The molecule has 1 aliphatic rings. The fourth-order valence-electron chi connectivity index (χ4n) is 4.67. The topological polar surface area (TPSA) is 120 Å². The molecule has 2 heterocycles. The Labute approximate surface area is 233 Å². The highest BCUT2D eigenvalue weighted by molar-refractivity contribution is 7.80. The molecule has 0 radical (unpaired) electrons. The van der Waals surface area contributed by atoms with Crippen LogP contribution in [0, 0.1) is 5.41 Å². The number of ether oxygens (including phenoxy) is 2. The van der Waals surface area contributed by atoms with Gasteiger partial charge in [-0.05, 0) is 41.4 Å². The average Bonchev–Trinajstić information content (AvgIpc) is 3.33. The number of methoxy groups -OCH3 is 1. The molecule has 4 rings (SSSR count). The minimum Gasteiger partial charge on any atom is -0.471 e. The van der Waals surface area contributed by atoms with E-state index in [1.165, 1.54) is 12.0 Å². The van der Waals surface area contributed by atoms with Gasteiger partial charge in [0.05, 0.1) is 24.7 Å². The summed E-state index contributed by atoms with van der Waals surface area (Å²) in [4.78, 5) is 37.6. The number of likely N-dealkylation sites (tertiary alicyclic amines) is 1. The van der Waals surface area contributed by atoms with Crippen LogP contribution < -0.4 is 15.8 Å². The number of carbonyl (C=O) groups excluding carboxylic acids is 2. The lowest BCUT2D eigenvalue weighted by molar-refractivity contribution is -0.152. The minimum absolute atomic E-state index is 0.00252. The van der Waals surface area contributed by atoms with Gasteiger partial charge < -0.3 is 25.4 Å². The highest BCUT2D eigenvalue weighted by Crippen LogP contribution is 2.33. The Hall–Kier alpha value is -4.05. The van der Waals surface area contributed by atoms with E-state index in [0.29, 0.717) is 17.1 Å². The van der Waals surface area contributed by atoms with E-state index in [-0.39, 0.29) is 24.0 Å². The molecule has 9 nitrogen and oxygen atoms in total. The maximum atomic E-state index is 13.7. The summed E-state index contributed by atoms with van der Waals surface area (Å²) < 4.78 is 11.5. The normalized spacial score (nSPS) is 17.9. The Balaban J connectivity index is 1.71. The maximum absolute atomic E-state index is 13.7. The van der Waals surface area contributed by atoms with Crippen LogP contribution in [-0.2, 0) is 14.3 Å². The molecule has 0 bridgehead atoms. The van der Waals surface area contributed by atoms with Gasteiger partial charge in [0.25, 0.3) is 0 Å². The third kappa shape index (κ3) is 6.17. The molecule has 1 amide bonds. The second-order valence-corrected chi connectivity index (χ2v) is 10.9. The van der Waals surface area contributed by atoms with Crippen LogP contribution in [0.2, 0.25) is 0 Å². The molecule has 0 saturated carbocycles. The fraction of sp³-hybridized carbons (Fsp3) is 0.345. The van der Waals surface area contributed by atoms with Crippen molar-refractivity contribution in [2.24, 2.45) is 11.1 Å². The van der Waals surface area contributed by atoms with Crippen LogP contribution in [0.15, 0.2) is 55.1 Å². The highest BCUT2D eigenvalue weighted by Gasteiger charge is 2.46. The van der Waals surface area contributed by atoms with Gasteiger partial charge in [0.1, 0.15) is 23.9 Å². The van der Waals surface area contributed by atoms with Crippen molar-refractivity contribution in [3.8, 4) is 17.1 Å². The maximum Gasteiger partial charge on any atom is 0.328 e. The van der Waals surface area contributed by atoms with Gasteiger partial charge in [-0.1, -0.05) is 63.8 Å². The quantitative estimate of drug-likeness (QED) is 0.337. The zero-order valence-electron chi connectivity index (χ0n) is 22.5. The third-order valence-corrected chi connectivity index (χ3v) is 6.75. The molecule has 10 heteroatoms. The van der Waals surface area contributed by atoms with E-state index in [1.54, 1.807) is 6.08 Å². The Kier molecular flexibility index (Phi) is 8.15. The zero-order valence-corrected chi connectivity index (χ0v) is 23.3. The van der Waals surface area contributed by atoms with E-state index >= 15 is 0 Å². The van der Waals surface area contributed by atoms with E-state index in [1.807, 2.05) is 69.3 Å². The van der Waals surface area contributed by atoms with E-state index < -0.39 is 29.6 Å². The average molecular weight is 548 g/mol. The number of benzene rings is 2. The molecule has 0 aliphatic carbocycles. The van der Waals surface area contributed by atoms with Crippen molar-refractivity contribution in [3.05, 3.63) is 60.7 Å². The number of esters is 1. The Bertz CT molecular complexity index is 1420. The number of amides is 1. The van der Waals surface area contributed by atoms with E-state index in [9.17, 15) is 9.59 Å². The Morgan fingerprint density at radius 3 is 2.49 bits per heavy atom. The highest BCUT2D eigenvalue weighted by atomic mass is 32.1. The largest absolute Gasteiger partial charge is 0.471 e. The molecule has 1 aromatic heterocycles. The number of hydrogen-bond acceptors (Lipinski definition) is 7. The van der Waals surface area contributed by atoms with Crippen molar-refractivity contribution in [3.63, 3.8) is 0 Å². The van der Waals surface area contributed by atoms with Gasteiger partial charge in [-0.15, -0.1) is 0 Å². The van der Waals surface area contributed by atoms with Crippen LogP contribution in [0.4, 0.5) is 0 Å². The SMILES string of the molecule is C=Cc1cccc(-c2nc3ccccc3nc2O[C@@H]2C[C@@H](C(=O)OC)N(C(=O)[C@@H](NC(N)=S)C(C)(C)C)C2)c1. The fourth-order valence-corrected chi connectivity index (χ4v) is 4.79. The Morgan fingerprint density at radius 2 is 1.87 bits per heavy atom. The number of nitrogens with two attached hydrogens (primary N) is 1. The van der Waals surface area contributed by atoms with Crippen LogP contribution in [-0.4, -0.2) is 63.7 Å². The molecule has 1 aliphatic heterocycles. The van der Waals surface area contributed by atoms with Gasteiger partial charge in [0.15, 0.2) is 5.11 Å². The molecule has 3 atom stereocenters. The van der Waals surface area contributed by atoms with Crippen molar-refractivity contribution in [2.45, 2.75) is 45.4 Å². The van der Waals surface area contributed by atoms with Crippen molar-refractivity contribution in [1.29, 1.82) is 0 Å². The van der Waals surface area contributed by atoms with Crippen LogP contribution >= 0.6 is 12.2 Å². The summed E-state index contributed by atoms with van der Waals surface area (Å²) in [6, 6.07) is 13.7. The van der Waals surface area contributed by atoms with E-state index in [4.69, 9.17) is 37.4 Å². The number of fused-ring (bicyclic) bond motifs is 1. The molecular weight excluding hydrogens is 514 g/mol. The third-order valence-electron chi connectivity index (χ3n) is 6.63. The number of rotatable bonds is 7. The van der Waals surface area contributed by atoms with Crippen LogP contribution in [0.1, 0.15) is 32.8 Å². The molecule has 1 fully saturated rings. The van der Waals surface area contributed by atoms with Gasteiger partial charge in [0, 0.05) is 12.0 Å². The van der Waals surface area contributed by atoms with Gasteiger partial charge in [-0.25, -0.2) is 14.8 Å². The predicted octanol–water partition coefficient (Wildman–Crippen LogP) is 3.71. The second kappa shape index (κ2) is 11.4. The summed E-state index contributed by atoms with van der Waals surface area (Å²) in [6.45, 7) is 9.69. The lowest BCUT2D eigenvalue weighted by atomic mass is 9.85. The first-order chi connectivity index (χ1) is 18.5. The van der Waals surface area contributed by atoms with Crippen LogP contribution in [0.25, 0.3) is 28.4 Å². The standard InChI is InChI=1S/C29H33N5O4S/c1-6-17-10-9-11-18(14-17)23-25(32-21-13-8-7-12-20(21)31-23)38-19-15-22(27(36)37-5)34(16-19)26(35)24(29(2,3)4)33-28(30)39/h6-14,19,22,24H,1,15-16H2,2-5H3,(H3,30,33,39)/t19-,22+,24-/m1/s1. The second-order valence-electron chi connectivity index (χ2n) is 10.5. The summed E-state index contributed by atoms with van der Waals surface area (Å²) in [7, 11) is 1.30. The number of aromatic nitrogens is 2. The summed E-state index contributed by atoms with van der Waals surface area (Å²) >= 11 is 5.02. The van der Waals surface area contributed by atoms with Gasteiger partial charge in [-0.3, -0.25) is 4.79 Å². The number of para-hydroxylation sites is 2. The first-order valence-electron chi connectivity index (χ1n) is 12.6. The monoisotopic (exact) mass is 547 g/mol. The summed E-state index contributed by atoms with van der Waals surface area (Å²) in [5.41, 5.74) is 8.87. The van der Waals surface area contributed by atoms with Crippen molar-refractivity contribution in [2.75, 3.05) is 13.7 Å². The number of nitrogens with one attached hydrogen (secondary N) is 1. The van der Waals surface area contributed by atoms with Crippen molar-refractivity contribution in [1.82, 2.24) is 20.2 Å². The number of hydrogen-bond donors (Lipinski definition) is 2. The van der Waals surface area contributed by atoms with Crippen LogP contribution in [0.5, 0.6) is 5.88 Å². The summed E-state index contributed by atoms with van der Waals surface area (Å²) in [6.07, 6.45) is 1.44. The summed E-state index contributed by atoms with van der Waals surface area (Å²) in [5.74, 6) is -0.535. The summed E-state index contributed by atoms with van der Waals surface area (Å²) in [5, 5.41) is 2.90. The van der Waals surface area contributed by atoms with Gasteiger partial charge in [-0.2, -0.15) is 0 Å². The first kappa shape index (κ1) is 28.0. The lowest BCUT2D eigenvalue weighted by Gasteiger charge is -2.35. The van der Waals surface area contributed by atoms with Crippen molar-refractivity contribution >= 4 is 46.3 Å². The molecule has 1 saturated heterocycles. The predicted molar refractivity (Wildman–Crippen MR) is 155 cm³/mol. The minimum atomic E-state index is -0.841. The van der Waals surface area contributed by atoms with Crippen molar-refractivity contribution < 1.29 is 19.1 Å². The molecule has 3 N–H and O–H groups in total. The molecule has 204 valence electrons. The molecule has 3 aromatic rings. The van der Waals surface area contributed by atoms with Crippen LogP contribution in [0.3, 0.4) is 0 Å². The molecule has 2 aromatic carbocycles. The van der Waals surface area contributed by atoms with Gasteiger partial charge >= 0.3 is 5.97 Å². The molecule has 0 spiro atoms. The molecular formula is C29H33N5O4S.